The molecule has 1 heterocycles. The van der Waals surface area contributed by atoms with Crippen molar-refractivity contribution in [3.05, 3.63) is 11.8 Å². The van der Waals surface area contributed by atoms with E-state index >= 15 is 0 Å². The number of rotatable bonds is 2. The van der Waals surface area contributed by atoms with Crippen LogP contribution in [0.4, 0.5) is 0 Å². The smallest absolute Gasteiger partial charge is 0.322 e. The van der Waals surface area contributed by atoms with Gasteiger partial charge in [0.05, 0.1) is 6.61 Å². The molecule has 1 aliphatic rings. The zero-order chi connectivity index (χ0) is 10.7. The van der Waals surface area contributed by atoms with Gasteiger partial charge in [-0.1, -0.05) is 0 Å². The number of amides is 1. The van der Waals surface area contributed by atoms with Crippen LogP contribution in [0.25, 0.3) is 0 Å². The second-order valence-corrected chi connectivity index (χ2v) is 2.85. The van der Waals surface area contributed by atoms with Crippen LogP contribution in [0.3, 0.4) is 0 Å². The molecule has 1 aliphatic heterocycles. The standard InChI is InChI=1S/C9H11NO4/c1-3-14-9(13)8-5(2)10-7(12)4-6(8)11/h4,8,11H,3H2,1-2H3. The topological polar surface area (TPSA) is 76.0 Å². The monoisotopic (exact) mass is 197 g/mol. The van der Waals surface area contributed by atoms with Gasteiger partial charge in [-0.3, -0.25) is 9.59 Å². The third-order valence-electron chi connectivity index (χ3n) is 1.79. The summed E-state index contributed by atoms with van der Waals surface area (Å²) in [6.45, 7) is 3.39. The lowest BCUT2D eigenvalue weighted by Gasteiger charge is -2.16. The molecule has 0 aliphatic carbocycles. The van der Waals surface area contributed by atoms with Crippen molar-refractivity contribution >= 4 is 17.6 Å². The van der Waals surface area contributed by atoms with Crippen LogP contribution in [0.5, 0.6) is 0 Å². The molecule has 0 aromatic rings. The molecule has 0 fully saturated rings. The molecule has 14 heavy (non-hydrogen) atoms. The van der Waals surface area contributed by atoms with E-state index in [1.807, 2.05) is 0 Å². The summed E-state index contributed by atoms with van der Waals surface area (Å²) in [4.78, 5) is 25.7. The predicted octanol–water partition coefficient (Wildman–Crippen LogP) is 0.609. The summed E-state index contributed by atoms with van der Waals surface area (Å²) in [6, 6.07) is 0. The second kappa shape index (κ2) is 4.04. The molecule has 0 spiro atoms. The van der Waals surface area contributed by atoms with E-state index in [1.54, 1.807) is 6.92 Å². The Bertz CT molecular complexity index is 308. The summed E-state index contributed by atoms with van der Waals surface area (Å²) in [6.07, 6.45) is 0.925. The van der Waals surface area contributed by atoms with E-state index < -0.39 is 17.8 Å². The number of carbonyl (C=O) groups is 2. The number of hydrogen-bond donors (Lipinski definition) is 1. The first-order chi connectivity index (χ1) is 6.56. The highest BCUT2D eigenvalue weighted by molar-refractivity contribution is 6.12. The van der Waals surface area contributed by atoms with Crippen molar-refractivity contribution < 1.29 is 19.4 Å². The van der Waals surface area contributed by atoms with E-state index in [0.717, 1.165) is 6.08 Å². The van der Waals surface area contributed by atoms with E-state index in [1.165, 1.54) is 6.92 Å². The van der Waals surface area contributed by atoms with Crippen molar-refractivity contribution in [1.29, 1.82) is 0 Å². The third kappa shape index (κ3) is 1.99. The number of esters is 1. The minimum atomic E-state index is -0.923. The summed E-state index contributed by atoms with van der Waals surface area (Å²) in [5.74, 6) is -2.37. The van der Waals surface area contributed by atoms with Crippen LogP contribution in [-0.2, 0) is 14.3 Å². The van der Waals surface area contributed by atoms with Gasteiger partial charge in [0.15, 0.2) is 5.92 Å². The van der Waals surface area contributed by atoms with Gasteiger partial charge < -0.3 is 9.84 Å². The molecule has 76 valence electrons. The highest BCUT2D eigenvalue weighted by atomic mass is 16.5. The molecule has 1 amide bonds. The molecule has 1 unspecified atom stereocenters. The van der Waals surface area contributed by atoms with Gasteiger partial charge in [0.2, 0.25) is 0 Å². The van der Waals surface area contributed by atoms with E-state index in [-0.39, 0.29) is 18.1 Å². The summed E-state index contributed by atoms with van der Waals surface area (Å²) < 4.78 is 4.73. The maximum Gasteiger partial charge on any atom is 0.322 e. The number of aliphatic imine (C=N–C) groups is 1. The van der Waals surface area contributed by atoms with Crippen LogP contribution in [0, 0.1) is 5.92 Å². The van der Waals surface area contributed by atoms with E-state index in [9.17, 15) is 14.7 Å². The maximum absolute atomic E-state index is 11.3. The summed E-state index contributed by atoms with van der Waals surface area (Å²) in [5.41, 5.74) is 0.258. The van der Waals surface area contributed by atoms with Crippen LogP contribution in [0.1, 0.15) is 13.8 Å². The maximum atomic E-state index is 11.3. The lowest BCUT2D eigenvalue weighted by Crippen LogP contribution is -2.29. The molecule has 5 nitrogen and oxygen atoms in total. The molecule has 0 bridgehead atoms. The molecular weight excluding hydrogens is 186 g/mol. The van der Waals surface area contributed by atoms with Gasteiger partial charge in [0.1, 0.15) is 5.76 Å². The average molecular weight is 197 g/mol. The molecular formula is C9H11NO4. The highest BCUT2D eigenvalue weighted by Gasteiger charge is 2.31. The quantitative estimate of drug-likeness (QED) is 0.658. The first kappa shape index (κ1) is 10.4. The fourth-order valence-electron chi connectivity index (χ4n) is 1.21. The van der Waals surface area contributed by atoms with Crippen molar-refractivity contribution in [2.45, 2.75) is 13.8 Å². The molecule has 1 N–H and O–H groups in total. The van der Waals surface area contributed by atoms with E-state index in [4.69, 9.17) is 4.74 Å². The average Bonchev–Trinajstić information content (AvgIpc) is 2.01. The Kier molecular flexibility index (Phi) is 3.01. The number of carbonyl (C=O) groups excluding carboxylic acids is 2. The molecule has 1 rings (SSSR count). The molecule has 0 saturated carbocycles. The van der Waals surface area contributed by atoms with Crippen LogP contribution in [0.15, 0.2) is 16.8 Å². The Morgan fingerprint density at radius 2 is 2.36 bits per heavy atom. The van der Waals surface area contributed by atoms with Crippen molar-refractivity contribution in [1.82, 2.24) is 0 Å². The Hall–Kier alpha value is -1.65. The Balaban J connectivity index is 2.88. The third-order valence-corrected chi connectivity index (χ3v) is 1.79. The predicted molar refractivity (Wildman–Crippen MR) is 49.0 cm³/mol. The Labute approximate surface area is 81.1 Å². The molecule has 5 heteroatoms. The van der Waals surface area contributed by atoms with Crippen molar-refractivity contribution in [3.8, 4) is 0 Å². The van der Waals surface area contributed by atoms with E-state index in [0.29, 0.717) is 0 Å². The van der Waals surface area contributed by atoms with Gasteiger partial charge >= 0.3 is 5.97 Å². The molecule has 0 radical (unpaired) electrons. The number of dihydropyridines is 1. The fraction of sp³-hybridized carbons (Fsp3) is 0.444. The van der Waals surface area contributed by atoms with Crippen LogP contribution >= 0.6 is 0 Å². The molecule has 1 atom stereocenters. The summed E-state index contributed by atoms with van der Waals surface area (Å²) in [7, 11) is 0. The van der Waals surface area contributed by atoms with Gasteiger partial charge in [-0.2, -0.15) is 0 Å². The van der Waals surface area contributed by atoms with Crippen LogP contribution in [0.2, 0.25) is 0 Å². The molecule has 0 aromatic carbocycles. The van der Waals surface area contributed by atoms with Crippen LogP contribution in [-0.4, -0.2) is 29.3 Å². The lowest BCUT2D eigenvalue weighted by atomic mass is 9.99. The zero-order valence-electron chi connectivity index (χ0n) is 7.98. The Morgan fingerprint density at radius 3 is 2.86 bits per heavy atom. The summed E-state index contributed by atoms with van der Waals surface area (Å²) >= 11 is 0. The van der Waals surface area contributed by atoms with Crippen molar-refractivity contribution in [3.63, 3.8) is 0 Å². The largest absolute Gasteiger partial charge is 0.511 e. The van der Waals surface area contributed by atoms with Crippen molar-refractivity contribution in [2.75, 3.05) is 6.61 Å². The van der Waals surface area contributed by atoms with Crippen molar-refractivity contribution in [2.24, 2.45) is 10.9 Å². The van der Waals surface area contributed by atoms with Gasteiger partial charge in [-0.25, -0.2) is 4.99 Å². The number of aliphatic hydroxyl groups excluding tert-OH is 1. The number of nitrogens with zero attached hydrogens (tertiary/aromatic N) is 1. The number of aliphatic hydroxyl groups is 1. The van der Waals surface area contributed by atoms with E-state index in [2.05, 4.69) is 4.99 Å². The van der Waals surface area contributed by atoms with Gasteiger partial charge in [-0.05, 0) is 13.8 Å². The van der Waals surface area contributed by atoms with Gasteiger partial charge in [0.25, 0.3) is 5.91 Å². The number of hydrogen-bond acceptors (Lipinski definition) is 4. The molecule has 0 saturated heterocycles. The summed E-state index contributed by atoms with van der Waals surface area (Å²) in [5, 5.41) is 9.37. The van der Waals surface area contributed by atoms with Gasteiger partial charge in [0, 0.05) is 11.8 Å². The minimum Gasteiger partial charge on any atom is -0.511 e. The highest BCUT2D eigenvalue weighted by Crippen LogP contribution is 2.17. The minimum absolute atomic E-state index is 0.226. The number of ether oxygens (including phenoxy) is 1. The Morgan fingerprint density at radius 1 is 1.71 bits per heavy atom. The first-order valence-corrected chi connectivity index (χ1v) is 4.22. The fourth-order valence-corrected chi connectivity index (χ4v) is 1.21. The van der Waals surface area contributed by atoms with Gasteiger partial charge in [-0.15, -0.1) is 0 Å². The normalized spacial score (nSPS) is 21.3. The SMILES string of the molecule is CCOC(=O)C1C(O)=CC(=O)N=C1C. The first-order valence-electron chi connectivity index (χ1n) is 4.22. The zero-order valence-corrected chi connectivity index (χ0v) is 7.98. The second-order valence-electron chi connectivity index (χ2n) is 2.85. The van der Waals surface area contributed by atoms with Crippen LogP contribution < -0.4 is 0 Å². The molecule has 0 aromatic heterocycles. The lowest BCUT2D eigenvalue weighted by molar-refractivity contribution is -0.145.